The van der Waals surface area contributed by atoms with Gasteiger partial charge in [0.05, 0.1) is 0 Å². The zero-order chi connectivity index (χ0) is 38.9. The molecule has 0 amide bonds. The van der Waals surface area contributed by atoms with Crippen molar-refractivity contribution in [3.8, 4) is 23.0 Å². The third-order valence-electron chi connectivity index (χ3n) is 13.3. The molecule has 6 heteroatoms. The van der Waals surface area contributed by atoms with E-state index in [9.17, 15) is 0 Å². The van der Waals surface area contributed by atoms with Gasteiger partial charge in [0.25, 0.3) is 0 Å². The second-order valence-corrected chi connectivity index (χ2v) is 20.1. The topological polar surface area (TPSA) is 36.9 Å². The molecule has 5 nitrogen and oxygen atoms in total. The van der Waals surface area contributed by atoms with E-state index < -0.39 is 0 Å². The molecule has 0 fully saturated rings. The Morgan fingerprint density at radius 3 is 2.00 bits per heavy atom. The third-order valence-corrected chi connectivity index (χ3v) is 14.6. The number of hydrogen-bond acceptors (Lipinski definition) is 2. The molecule has 282 valence electrons. The first-order chi connectivity index (χ1) is 25.1. The molecule has 4 aromatic carbocycles. The first kappa shape index (κ1) is 36.7. The summed E-state index contributed by atoms with van der Waals surface area (Å²) >= 11 is 2.44. The van der Waals surface area contributed by atoms with Gasteiger partial charge in [-0.25, -0.2) is 0 Å². The summed E-state index contributed by atoms with van der Waals surface area (Å²) in [7, 11) is 2.15. The van der Waals surface area contributed by atoms with Crippen LogP contribution in [0, 0.1) is 9.22 Å². The van der Waals surface area contributed by atoms with Crippen LogP contribution < -0.4 is 4.74 Å². The van der Waals surface area contributed by atoms with Crippen LogP contribution in [0.2, 0.25) is 0 Å². The van der Waals surface area contributed by atoms with E-state index in [-0.39, 0.29) is 27.1 Å². The second-order valence-electron chi connectivity index (χ2n) is 19.1. The molecular formula is C48H54N4OPt. The fourth-order valence-electron chi connectivity index (χ4n) is 8.82. The van der Waals surface area contributed by atoms with Gasteiger partial charge in [-0.05, 0) is 38.9 Å². The summed E-state index contributed by atoms with van der Waals surface area (Å²) in [5, 5.41) is 2.45. The van der Waals surface area contributed by atoms with Crippen LogP contribution >= 0.6 is 0 Å². The molecule has 0 radical (unpaired) electrons. The van der Waals surface area contributed by atoms with Gasteiger partial charge in [0, 0.05) is 6.20 Å². The summed E-state index contributed by atoms with van der Waals surface area (Å²) < 4.78 is 14.9. The van der Waals surface area contributed by atoms with Crippen molar-refractivity contribution in [1.82, 2.24) is 18.7 Å². The van der Waals surface area contributed by atoms with E-state index in [1.165, 1.54) is 49.6 Å². The SMILES string of the molecule is Cn1[c](=[Pt])n(-c2cccc(Oc3ccc4c5ccc6c(c5n(-c5cc(C(C)(C)C)ccn5)c4c3)C(C)(C)C(C)(C)C6(C)C)c2)c2ccc(C(C)(C)C)cc21. The van der Waals surface area contributed by atoms with Crippen molar-refractivity contribution in [3.05, 3.63) is 117 Å². The quantitative estimate of drug-likeness (QED) is 0.176. The van der Waals surface area contributed by atoms with E-state index in [1.54, 1.807) is 0 Å². The number of hydrogen-bond donors (Lipinski definition) is 0. The van der Waals surface area contributed by atoms with Gasteiger partial charge in [0.15, 0.2) is 0 Å². The predicted molar refractivity (Wildman–Crippen MR) is 221 cm³/mol. The van der Waals surface area contributed by atoms with Crippen LogP contribution in [0.4, 0.5) is 0 Å². The number of aryl methyl sites for hydroxylation is 1. The van der Waals surface area contributed by atoms with Crippen molar-refractivity contribution in [2.75, 3.05) is 0 Å². The van der Waals surface area contributed by atoms with Gasteiger partial charge in [-0.3, -0.25) is 0 Å². The van der Waals surface area contributed by atoms with E-state index in [1.807, 2.05) is 12.3 Å². The van der Waals surface area contributed by atoms with Gasteiger partial charge in [0.2, 0.25) is 0 Å². The van der Waals surface area contributed by atoms with Crippen molar-refractivity contribution in [3.63, 3.8) is 0 Å². The summed E-state index contributed by atoms with van der Waals surface area (Å²) in [4.78, 5) is 5.07. The third kappa shape index (κ3) is 5.28. The maximum atomic E-state index is 6.78. The number of benzene rings is 4. The number of imidazole rings is 1. The summed E-state index contributed by atoms with van der Waals surface area (Å²) in [6.07, 6.45) is 1.97. The van der Waals surface area contributed by atoms with E-state index in [0.717, 1.165) is 32.3 Å². The van der Waals surface area contributed by atoms with Crippen LogP contribution in [0.25, 0.3) is 44.3 Å². The summed E-state index contributed by atoms with van der Waals surface area (Å²) in [6, 6.07) is 31.0. The van der Waals surface area contributed by atoms with Gasteiger partial charge in [-0.2, -0.15) is 0 Å². The van der Waals surface area contributed by atoms with Crippen LogP contribution in [0.15, 0.2) is 91.1 Å². The van der Waals surface area contributed by atoms with E-state index in [2.05, 4.69) is 202 Å². The van der Waals surface area contributed by atoms with Crippen LogP contribution in [0.3, 0.4) is 0 Å². The molecule has 0 atom stereocenters. The molecule has 0 aliphatic heterocycles. The van der Waals surface area contributed by atoms with Gasteiger partial charge >= 0.3 is 220 Å². The van der Waals surface area contributed by atoms with Gasteiger partial charge in [-0.15, -0.1) is 0 Å². The Labute approximate surface area is 331 Å². The molecule has 1 aliphatic rings. The Kier molecular flexibility index (Phi) is 8.09. The maximum absolute atomic E-state index is 6.78. The first-order valence-electron chi connectivity index (χ1n) is 19.2. The summed E-state index contributed by atoms with van der Waals surface area (Å²) in [5.74, 6) is 2.52. The normalized spacial score (nSPS) is 16.4. The molecule has 1 aliphatic carbocycles. The zero-order valence-corrected chi connectivity index (χ0v) is 36.4. The Morgan fingerprint density at radius 1 is 0.630 bits per heavy atom. The second kappa shape index (κ2) is 11.9. The predicted octanol–water partition coefficient (Wildman–Crippen LogP) is 12.5. The average molecular weight is 898 g/mol. The Bertz CT molecular complexity index is 2720. The average Bonchev–Trinajstić information content (AvgIpc) is 3.60. The van der Waals surface area contributed by atoms with Crippen LogP contribution in [-0.4, -0.2) is 18.7 Å². The summed E-state index contributed by atoms with van der Waals surface area (Å²) in [6.45, 7) is 28.2. The van der Waals surface area contributed by atoms with Crippen LogP contribution in [0.5, 0.6) is 11.5 Å². The number of rotatable bonds is 4. The fourth-order valence-corrected chi connectivity index (χ4v) is 9.66. The Hall–Kier alpha value is -4.21. The number of fused-ring (bicyclic) bond motifs is 6. The molecular weight excluding hydrogens is 844 g/mol. The van der Waals surface area contributed by atoms with Gasteiger partial charge in [-0.1, -0.05) is 68.4 Å². The molecule has 0 bridgehead atoms. The van der Waals surface area contributed by atoms with Crippen LogP contribution in [0.1, 0.15) is 105 Å². The number of pyridine rings is 1. The molecule has 8 rings (SSSR count). The van der Waals surface area contributed by atoms with Crippen LogP contribution in [-0.2, 0) is 48.1 Å². The molecule has 7 aromatic rings. The van der Waals surface area contributed by atoms with Gasteiger partial charge in [0.1, 0.15) is 0 Å². The van der Waals surface area contributed by atoms with Gasteiger partial charge < -0.3 is 0 Å². The van der Waals surface area contributed by atoms with Crippen molar-refractivity contribution in [2.45, 2.75) is 105 Å². The summed E-state index contributed by atoms with van der Waals surface area (Å²) in [5.41, 5.74) is 11.2. The standard InChI is InChI=1S/C48H54N4O.Pt/c1-44(2,3)30-17-22-38-40(25-30)50(13)29-51(38)32-15-14-16-33(27-32)53-34-18-19-35-36-20-21-37-42(47(9,10)48(11,12)46(37,7)8)43(36)52(39(35)28-34)41-26-31(23-24-49-41)45(4,5)6;/h14-28H,1-13H3;. The molecule has 0 saturated heterocycles. The van der Waals surface area contributed by atoms with Crippen molar-refractivity contribution in [2.24, 2.45) is 12.5 Å². The zero-order valence-electron chi connectivity index (χ0n) is 34.2. The minimum absolute atomic E-state index is 0.0177. The molecule has 3 aromatic heterocycles. The van der Waals surface area contributed by atoms with Crippen molar-refractivity contribution in [1.29, 1.82) is 0 Å². The Morgan fingerprint density at radius 2 is 1.30 bits per heavy atom. The minimum atomic E-state index is -0.0932. The molecule has 0 saturated carbocycles. The number of nitrogens with zero attached hydrogens (tertiary/aromatic N) is 4. The van der Waals surface area contributed by atoms with Crippen molar-refractivity contribution < 1.29 is 24.1 Å². The molecule has 54 heavy (non-hydrogen) atoms. The van der Waals surface area contributed by atoms with E-state index in [4.69, 9.17) is 9.72 Å². The van der Waals surface area contributed by atoms with E-state index in [0.29, 0.717) is 0 Å². The number of ether oxygens (including phenoxy) is 1. The first-order valence-corrected chi connectivity index (χ1v) is 20.3. The van der Waals surface area contributed by atoms with Crippen molar-refractivity contribution >= 4 is 32.8 Å². The Balaban J connectivity index is 1.31. The molecule has 3 heterocycles. The van der Waals surface area contributed by atoms with E-state index >= 15 is 0 Å². The molecule has 0 N–H and O–H groups in total. The molecule has 0 spiro atoms. The number of aromatic nitrogens is 4. The molecule has 0 unspecified atom stereocenters. The fraction of sp³-hybridized carbons (Fsp3) is 0.375. The monoisotopic (exact) mass is 897 g/mol.